The summed E-state index contributed by atoms with van der Waals surface area (Å²) in [5.74, 6) is -0.936. The van der Waals surface area contributed by atoms with Crippen LogP contribution in [0, 0.1) is 0 Å². The van der Waals surface area contributed by atoms with E-state index in [9.17, 15) is 31.1 Å². The summed E-state index contributed by atoms with van der Waals surface area (Å²) in [7, 11) is 0. The molecule has 1 aromatic carbocycles. The molecular formula is C23H26F6N4OS. The minimum absolute atomic E-state index is 0.0570. The van der Waals surface area contributed by atoms with Gasteiger partial charge in [0, 0.05) is 35.3 Å². The number of rotatable bonds is 5. The average molecular weight is 521 g/mol. The molecule has 2 aliphatic heterocycles. The van der Waals surface area contributed by atoms with Gasteiger partial charge in [0.25, 0.3) is 5.91 Å². The lowest BCUT2D eigenvalue weighted by Gasteiger charge is -2.38. The van der Waals surface area contributed by atoms with E-state index >= 15 is 0 Å². The van der Waals surface area contributed by atoms with Crippen molar-refractivity contribution >= 4 is 28.1 Å². The molecule has 1 amide bonds. The van der Waals surface area contributed by atoms with Gasteiger partial charge >= 0.3 is 12.4 Å². The number of nitrogens with one attached hydrogen (secondary N) is 1. The molecule has 5 nitrogen and oxygen atoms in total. The van der Waals surface area contributed by atoms with Crippen LogP contribution < -0.4 is 10.2 Å². The summed E-state index contributed by atoms with van der Waals surface area (Å²) in [6.45, 7) is 4.74. The molecule has 0 unspecified atom stereocenters. The van der Waals surface area contributed by atoms with E-state index < -0.39 is 29.5 Å². The minimum Gasteiger partial charge on any atom is -0.371 e. The minimum atomic E-state index is -4.69. The fourth-order valence-corrected chi connectivity index (χ4v) is 5.64. The summed E-state index contributed by atoms with van der Waals surface area (Å²) in [5, 5.41) is 1.95. The number of amides is 1. The Labute approximate surface area is 203 Å². The van der Waals surface area contributed by atoms with Gasteiger partial charge < -0.3 is 9.80 Å². The summed E-state index contributed by atoms with van der Waals surface area (Å²) in [4.78, 5) is 20.5. The second-order valence-corrected chi connectivity index (χ2v) is 9.91. The van der Waals surface area contributed by atoms with Crippen molar-refractivity contribution in [2.45, 2.75) is 57.4 Å². The quantitative estimate of drug-likeness (QED) is 0.487. The second-order valence-electron chi connectivity index (χ2n) is 8.82. The molecule has 0 radical (unpaired) electrons. The maximum absolute atomic E-state index is 13.6. The smallest absolute Gasteiger partial charge is 0.371 e. The number of aryl methyl sites for hydroxylation is 1. The predicted octanol–water partition coefficient (Wildman–Crippen LogP) is 6.06. The number of benzene rings is 1. The zero-order valence-corrected chi connectivity index (χ0v) is 19.9. The summed E-state index contributed by atoms with van der Waals surface area (Å²) in [5.41, 5.74) is -2.08. The lowest BCUT2D eigenvalue weighted by molar-refractivity contribution is -0.141. The normalized spacial score (nSPS) is 18.3. The second kappa shape index (κ2) is 9.96. The van der Waals surface area contributed by atoms with E-state index in [1.165, 1.54) is 13.0 Å². The van der Waals surface area contributed by atoms with Crippen LogP contribution in [0.15, 0.2) is 18.2 Å². The van der Waals surface area contributed by atoms with Crippen LogP contribution >= 0.6 is 11.3 Å². The number of carbonyl (C=O) groups is 1. The molecule has 0 bridgehead atoms. The fourth-order valence-electron chi connectivity index (χ4n) is 4.72. The van der Waals surface area contributed by atoms with E-state index in [-0.39, 0.29) is 27.7 Å². The third kappa shape index (κ3) is 5.91. The van der Waals surface area contributed by atoms with Crippen molar-refractivity contribution in [1.29, 1.82) is 0 Å². The monoisotopic (exact) mass is 520 g/mol. The first-order valence-corrected chi connectivity index (χ1v) is 12.4. The SMILES string of the molecule is CCc1sc(NC(=O)c2cc(N3CCC(N4CCCC4)CC3)cc(C(F)(F)F)c2)nc1C(F)(F)F. The average Bonchev–Trinajstić information content (AvgIpc) is 3.48. The highest BCUT2D eigenvalue weighted by Crippen LogP contribution is 2.37. The van der Waals surface area contributed by atoms with Gasteiger partial charge in [0.2, 0.25) is 0 Å². The number of aromatic nitrogens is 1. The maximum Gasteiger partial charge on any atom is 0.434 e. The van der Waals surface area contributed by atoms with Gasteiger partial charge in [-0.1, -0.05) is 6.92 Å². The van der Waals surface area contributed by atoms with Crippen molar-refractivity contribution in [1.82, 2.24) is 9.88 Å². The standard InChI is InChI=1S/C23H26F6N4OS/c1-2-18-19(23(27,28)29)30-21(35-18)31-20(34)14-11-15(22(24,25)26)13-17(12-14)33-9-5-16(6-10-33)32-7-3-4-8-32/h11-13,16H,2-10H2,1H3,(H,30,31,34). The van der Waals surface area contributed by atoms with Crippen molar-refractivity contribution in [3.8, 4) is 0 Å². The van der Waals surface area contributed by atoms with Gasteiger partial charge in [-0.2, -0.15) is 26.3 Å². The number of carbonyl (C=O) groups excluding carboxylic acids is 1. The highest BCUT2D eigenvalue weighted by Gasteiger charge is 2.37. The van der Waals surface area contributed by atoms with Crippen molar-refractivity contribution in [3.05, 3.63) is 39.9 Å². The number of nitrogens with zero attached hydrogens (tertiary/aromatic N) is 3. The Kier molecular flexibility index (Phi) is 7.33. The van der Waals surface area contributed by atoms with Crippen molar-refractivity contribution in [3.63, 3.8) is 0 Å². The predicted molar refractivity (Wildman–Crippen MR) is 122 cm³/mol. The molecule has 4 rings (SSSR count). The van der Waals surface area contributed by atoms with E-state index in [0.717, 1.165) is 50.9 Å². The largest absolute Gasteiger partial charge is 0.434 e. The van der Waals surface area contributed by atoms with Crippen LogP contribution in [0.25, 0.3) is 0 Å². The molecule has 192 valence electrons. The summed E-state index contributed by atoms with van der Waals surface area (Å²) >= 11 is 0.663. The molecule has 2 fully saturated rings. The molecule has 0 aliphatic carbocycles. The highest BCUT2D eigenvalue weighted by atomic mass is 32.1. The number of likely N-dealkylation sites (tertiary alicyclic amines) is 1. The van der Waals surface area contributed by atoms with E-state index in [4.69, 9.17) is 0 Å². The fraction of sp³-hybridized carbons (Fsp3) is 0.565. The third-order valence-corrected chi connectivity index (χ3v) is 7.62. The first-order valence-electron chi connectivity index (χ1n) is 11.5. The molecule has 2 aliphatic rings. The molecule has 0 atom stereocenters. The first-order chi connectivity index (χ1) is 16.5. The highest BCUT2D eigenvalue weighted by molar-refractivity contribution is 7.15. The van der Waals surface area contributed by atoms with E-state index in [2.05, 4.69) is 15.2 Å². The molecule has 1 aromatic heterocycles. The van der Waals surface area contributed by atoms with Crippen LogP contribution in [-0.4, -0.2) is 48.0 Å². The van der Waals surface area contributed by atoms with Gasteiger partial charge in [-0.05, 0) is 63.4 Å². The zero-order chi connectivity index (χ0) is 25.4. The Morgan fingerprint density at radius 1 is 1.03 bits per heavy atom. The lowest BCUT2D eigenvalue weighted by atomic mass is 10.0. The maximum atomic E-state index is 13.6. The van der Waals surface area contributed by atoms with Gasteiger partial charge in [-0.15, -0.1) is 11.3 Å². The van der Waals surface area contributed by atoms with Crippen LogP contribution in [0.4, 0.5) is 37.2 Å². The number of anilines is 2. The number of hydrogen-bond acceptors (Lipinski definition) is 5. The van der Waals surface area contributed by atoms with Crippen molar-refractivity contribution in [2.24, 2.45) is 0 Å². The Bertz CT molecular complexity index is 1050. The van der Waals surface area contributed by atoms with Crippen molar-refractivity contribution in [2.75, 3.05) is 36.4 Å². The molecule has 0 spiro atoms. The topological polar surface area (TPSA) is 48.5 Å². The Morgan fingerprint density at radius 3 is 2.23 bits per heavy atom. The van der Waals surface area contributed by atoms with Gasteiger partial charge in [-0.25, -0.2) is 4.98 Å². The van der Waals surface area contributed by atoms with E-state index in [0.29, 0.717) is 30.5 Å². The Morgan fingerprint density at radius 2 is 1.69 bits per heavy atom. The molecule has 35 heavy (non-hydrogen) atoms. The zero-order valence-electron chi connectivity index (χ0n) is 19.1. The van der Waals surface area contributed by atoms with Crippen LogP contribution in [0.1, 0.15) is 59.1 Å². The Hall–Kier alpha value is -2.34. The Balaban J connectivity index is 1.55. The molecule has 12 heteroatoms. The molecule has 2 saturated heterocycles. The van der Waals surface area contributed by atoms with Crippen LogP contribution in [0.3, 0.4) is 0 Å². The van der Waals surface area contributed by atoms with Gasteiger partial charge in [-0.3, -0.25) is 10.1 Å². The van der Waals surface area contributed by atoms with Gasteiger partial charge in [0.1, 0.15) is 0 Å². The summed E-state index contributed by atoms with van der Waals surface area (Å²) < 4.78 is 80.4. The van der Waals surface area contributed by atoms with E-state index in [1.807, 2.05) is 4.90 Å². The van der Waals surface area contributed by atoms with Gasteiger partial charge in [0.15, 0.2) is 10.8 Å². The lowest BCUT2D eigenvalue weighted by Crippen LogP contribution is -2.44. The number of alkyl halides is 6. The first kappa shape index (κ1) is 25.7. The van der Waals surface area contributed by atoms with Gasteiger partial charge in [0.05, 0.1) is 5.56 Å². The van der Waals surface area contributed by atoms with Crippen LogP contribution in [0.5, 0.6) is 0 Å². The van der Waals surface area contributed by atoms with Crippen LogP contribution in [-0.2, 0) is 18.8 Å². The molecule has 3 heterocycles. The molecule has 2 aromatic rings. The number of thiazole rings is 1. The number of hydrogen-bond donors (Lipinski definition) is 1. The molecule has 1 N–H and O–H groups in total. The molecular weight excluding hydrogens is 494 g/mol. The number of piperidine rings is 1. The van der Waals surface area contributed by atoms with Crippen molar-refractivity contribution < 1.29 is 31.1 Å². The van der Waals surface area contributed by atoms with Crippen LogP contribution in [0.2, 0.25) is 0 Å². The molecule has 0 saturated carbocycles. The summed E-state index contributed by atoms with van der Waals surface area (Å²) in [6.07, 6.45) is -5.35. The third-order valence-electron chi connectivity index (χ3n) is 6.50. The summed E-state index contributed by atoms with van der Waals surface area (Å²) in [6, 6.07) is 3.50. The van der Waals surface area contributed by atoms with E-state index in [1.54, 1.807) is 0 Å². The number of halogens is 6.